The molecule has 0 aromatic rings. The van der Waals surface area contributed by atoms with Gasteiger partial charge in [0.05, 0.1) is 18.1 Å². The highest BCUT2D eigenvalue weighted by Gasteiger charge is 2.32. The van der Waals surface area contributed by atoms with Gasteiger partial charge in [0.25, 0.3) is 0 Å². The van der Waals surface area contributed by atoms with E-state index in [1.807, 2.05) is 18.7 Å². The van der Waals surface area contributed by atoms with Crippen LogP contribution < -0.4 is 0 Å². The van der Waals surface area contributed by atoms with Crippen molar-refractivity contribution in [3.8, 4) is 0 Å². The summed E-state index contributed by atoms with van der Waals surface area (Å²) in [5.74, 6) is -1.05. The number of morpholine rings is 1. The van der Waals surface area contributed by atoms with E-state index >= 15 is 0 Å². The van der Waals surface area contributed by atoms with Gasteiger partial charge in [-0.15, -0.1) is 0 Å². The Labute approximate surface area is 113 Å². The molecule has 2 aliphatic heterocycles. The first-order valence-corrected chi connectivity index (χ1v) is 6.89. The van der Waals surface area contributed by atoms with E-state index in [1.165, 1.54) is 0 Å². The number of carbonyl (C=O) groups is 2. The van der Waals surface area contributed by atoms with Crippen molar-refractivity contribution in [3.05, 3.63) is 0 Å². The molecule has 0 spiro atoms. The molecule has 19 heavy (non-hydrogen) atoms. The minimum Gasteiger partial charge on any atom is -0.481 e. The molecule has 0 bridgehead atoms. The molecule has 2 atom stereocenters. The van der Waals surface area contributed by atoms with Gasteiger partial charge in [-0.1, -0.05) is 0 Å². The molecule has 0 radical (unpaired) electrons. The van der Waals surface area contributed by atoms with E-state index < -0.39 is 5.97 Å². The Morgan fingerprint density at radius 1 is 1.05 bits per heavy atom. The third kappa shape index (κ3) is 3.37. The van der Waals surface area contributed by atoms with Gasteiger partial charge in [0, 0.05) is 26.2 Å². The summed E-state index contributed by atoms with van der Waals surface area (Å²) in [6, 6.07) is 0.0193. The highest BCUT2D eigenvalue weighted by atomic mass is 16.5. The molecule has 2 rings (SSSR count). The van der Waals surface area contributed by atoms with Gasteiger partial charge in [0.2, 0.25) is 0 Å². The van der Waals surface area contributed by atoms with Gasteiger partial charge in [-0.3, -0.25) is 4.79 Å². The second-order valence-corrected chi connectivity index (χ2v) is 5.54. The van der Waals surface area contributed by atoms with E-state index in [0.717, 1.165) is 0 Å². The van der Waals surface area contributed by atoms with E-state index in [2.05, 4.69) is 0 Å². The zero-order chi connectivity index (χ0) is 14.0. The lowest BCUT2D eigenvalue weighted by atomic mass is 9.97. The fourth-order valence-electron chi connectivity index (χ4n) is 2.85. The van der Waals surface area contributed by atoms with Gasteiger partial charge < -0.3 is 19.6 Å². The number of piperidine rings is 1. The van der Waals surface area contributed by atoms with Crippen molar-refractivity contribution in [1.29, 1.82) is 0 Å². The third-order valence-electron chi connectivity index (χ3n) is 3.80. The number of carboxylic acids is 1. The molecule has 2 fully saturated rings. The zero-order valence-electron chi connectivity index (χ0n) is 11.5. The van der Waals surface area contributed by atoms with E-state index in [1.54, 1.807) is 4.90 Å². The number of likely N-dealkylation sites (tertiary alicyclic amines) is 1. The number of hydrogen-bond donors (Lipinski definition) is 1. The van der Waals surface area contributed by atoms with Gasteiger partial charge in [-0.05, 0) is 26.7 Å². The number of nitrogens with zero attached hydrogens (tertiary/aromatic N) is 2. The molecule has 2 aliphatic rings. The Kier molecular flexibility index (Phi) is 4.29. The van der Waals surface area contributed by atoms with Gasteiger partial charge in [-0.25, -0.2) is 4.79 Å². The average molecular weight is 270 g/mol. The predicted octanol–water partition coefficient (Wildman–Crippen LogP) is 1.01. The predicted molar refractivity (Wildman–Crippen MR) is 68.9 cm³/mol. The first-order chi connectivity index (χ1) is 8.97. The molecule has 108 valence electrons. The summed E-state index contributed by atoms with van der Waals surface area (Å²) in [5, 5.41) is 8.95. The molecule has 0 aromatic carbocycles. The zero-order valence-corrected chi connectivity index (χ0v) is 11.5. The monoisotopic (exact) mass is 270 g/mol. The Morgan fingerprint density at radius 3 is 2.05 bits per heavy atom. The third-order valence-corrected chi connectivity index (χ3v) is 3.80. The number of ether oxygens (including phenoxy) is 1. The standard InChI is InChI=1S/C13H22N2O4/c1-9-7-15(8-10(2)19-9)13(18)14-5-3-11(4-6-14)12(16)17/h9-11H,3-8H2,1-2H3,(H,16,17)/t9-,10+. The van der Waals surface area contributed by atoms with Crippen LogP contribution in [-0.4, -0.2) is 65.3 Å². The maximum atomic E-state index is 12.4. The Hall–Kier alpha value is -1.30. The number of amides is 2. The number of aliphatic carboxylic acids is 1. The maximum absolute atomic E-state index is 12.4. The van der Waals surface area contributed by atoms with Crippen LogP contribution in [0.3, 0.4) is 0 Å². The first-order valence-electron chi connectivity index (χ1n) is 6.89. The van der Waals surface area contributed by atoms with E-state index in [-0.39, 0.29) is 24.2 Å². The van der Waals surface area contributed by atoms with Gasteiger partial charge in [0.15, 0.2) is 0 Å². The van der Waals surface area contributed by atoms with Crippen LogP contribution in [0.15, 0.2) is 0 Å². The average Bonchev–Trinajstić information content (AvgIpc) is 2.37. The summed E-state index contributed by atoms with van der Waals surface area (Å²) in [6.45, 7) is 6.23. The molecule has 0 aromatic heterocycles. The summed E-state index contributed by atoms with van der Waals surface area (Å²) in [4.78, 5) is 26.8. The van der Waals surface area contributed by atoms with E-state index in [0.29, 0.717) is 39.0 Å². The van der Waals surface area contributed by atoms with E-state index in [4.69, 9.17) is 9.84 Å². The van der Waals surface area contributed by atoms with Crippen molar-refractivity contribution in [2.24, 2.45) is 5.92 Å². The molecular formula is C13H22N2O4. The number of carboxylic acid groups (broad SMARTS) is 1. The van der Waals surface area contributed by atoms with Crippen molar-refractivity contribution in [3.63, 3.8) is 0 Å². The van der Waals surface area contributed by atoms with Crippen molar-refractivity contribution in [2.45, 2.75) is 38.9 Å². The van der Waals surface area contributed by atoms with Gasteiger partial charge in [-0.2, -0.15) is 0 Å². The molecule has 0 unspecified atom stereocenters. The normalized spacial score (nSPS) is 29.4. The van der Waals surface area contributed by atoms with Crippen LogP contribution >= 0.6 is 0 Å². The molecule has 2 saturated heterocycles. The Bertz CT molecular complexity index is 343. The maximum Gasteiger partial charge on any atom is 0.320 e. The molecular weight excluding hydrogens is 248 g/mol. The lowest BCUT2D eigenvalue weighted by Crippen LogP contribution is -2.54. The van der Waals surface area contributed by atoms with Crippen LogP contribution in [0.2, 0.25) is 0 Å². The molecule has 1 N–H and O–H groups in total. The summed E-state index contributed by atoms with van der Waals surface area (Å²) in [5.41, 5.74) is 0. The number of carbonyl (C=O) groups excluding carboxylic acids is 1. The molecule has 2 heterocycles. The van der Waals surface area contributed by atoms with Gasteiger partial charge in [0.1, 0.15) is 0 Å². The summed E-state index contributed by atoms with van der Waals surface area (Å²) >= 11 is 0. The lowest BCUT2D eigenvalue weighted by molar-refractivity contribution is -0.143. The molecule has 0 saturated carbocycles. The quantitative estimate of drug-likeness (QED) is 0.772. The smallest absolute Gasteiger partial charge is 0.320 e. The van der Waals surface area contributed by atoms with Crippen molar-refractivity contribution in [2.75, 3.05) is 26.2 Å². The van der Waals surface area contributed by atoms with Crippen LogP contribution in [0.5, 0.6) is 0 Å². The van der Waals surface area contributed by atoms with Crippen molar-refractivity contribution in [1.82, 2.24) is 9.80 Å². The van der Waals surface area contributed by atoms with Crippen LogP contribution in [-0.2, 0) is 9.53 Å². The van der Waals surface area contributed by atoms with Crippen LogP contribution in [0.1, 0.15) is 26.7 Å². The first kappa shape index (κ1) is 14.1. The SMILES string of the molecule is C[C@@H]1CN(C(=O)N2CCC(C(=O)O)CC2)C[C@H](C)O1. The highest BCUT2D eigenvalue weighted by Crippen LogP contribution is 2.20. The summed E-state index contributed by atoms with van der Waals surface area (Å²) < 4.78 is 5.61. The molecule has 6 heteroatoms. The summed E-state index contributed by atoms with van der Waals surface area (Å²) in [7, 11) is 0. The second-order valence-electron chi connectivity index (χ2n) is 5.54. The lowest BCUT2D eigenvalue weighted by Gasteiger charge is -2.40. The fourth-order valence-corrected chi connectivity index (χ4v) is 2.85. The van der Waals surface area contributed by atoms with E-state index in [9.17, 15) is 9.59 Å². The Morgan fingerprint density at radius 2 is 1.58 bits per heavy atom. The minimum atomic E-state index is -0.749. The number of hydrogen-bond acceptors (Lipinski definition) is 3. The van der Waals surface area contributed by atoms with Crippen LogP contribution in [0.4, 0.5) is 4.79 Å². The van der Waals surface area contributed by atoms with Crippen LogP contribution in [0.25, 0.3) is 0 Å². The minimum absolute atomic E-state index is 0.0193. The highest BCUT2D eigenvalue weighted by molar-refractivity contribution is 5.75. The van der Waals surface area contributed by atoms with Gasteiger partial charge >= 0.3 is 12.0 Å². The molecule has 0 aliphatic carbocycles. The topological polar surface area (TPSA) is 70.1 Å². The Balaban J connectivity index is 1.88. The second kappa shape index (κ2) is 5.77. The largest absolute Gasteiger partial charge is 0.481 e. The summed E-state index contributed by atoms with van der Waals surface area (Å²) in [6.07, 6.45) is 1.22. The van der Waals surface area contributed by atoms with Crippen molar-refractivity contribution < 1.29 is 19.4 Å². The molecule has 2 amide bonds. The molecule has 6 nitrogen and oxygen atoms in total. The number of urea groups is 1. The van der Waals surface area contributed by atoms with Crippen LogP contribution in [0, 0.1) is 5.92 Å². The van der Waals surface area contributed by atoms with Crippen molar-refractivity contribution >= 4 is 12.0 Å². The fraction of sp³-hybridized carbons (Fsp3) is 0.846. The number of rotatable bonds is 1.